The number of pyridine rings is 2. The third-order valence-electron chi connectivity index (χ3n) is 6.47. The van der Waals surface area contributed by atoms with Crippen molar-refractivity contribution in [2.75, 3.05) is 24.6 Å². The molecule has 1 amide bonds. The molecule has 4 heterocycles. The normalized spacial score (nSPS) is 15.2. The SMILES string of the molecule is CCOc1cc(-c2ccc(N3CCC(C)(NC(=O)[C@@H](N)CC)CC3)nc2)c2c(C#N)cnn2c1.Cl.Cl. The van der Waals surface area contributed by atoms with E-state index < -0.39 is 6.04 Å². The summed E-state index contributed by atoms with van der Waals surface area (Å²) in [6.07, 6.45) is 7.42. The minimum Gasteiger partial charge on any atom is -0.492 e. The Bertz CT molecular complexity index is 1220. The number of halogens is 2. The Labute approximate surface area is 223 Å². The highest BCUT2D eigenvalue weighted by Crippen LogP contribution is 2.32. The first-order valence-corrected chi connectivity index (χ1v) is 11.7. The van der Waals surface area contributed by atoms with Crippen LogP contribution in [0, 0.1) is 11.3 Å². The maximum Gasteiger partial charge on any atom is 0.237 e. The van der Waals surface area contributed by atoms with Crippen LogP contribution in [0.3, 0.4) is 0 Å². The Balaban J connectivity index is 0.00000228. The number of anilines is 1. The van der Waals surface area contributed by atoms with Crippen molar-refractivity contribution in [2.45, 2.75) is 51.6 Å². The number of carbonyl (C=O) groups is 1. The summed E-state index contributed by atoms with van der Waals surface area (Å²) in [7, 11) is 0. The number of hydrogen-bond acceptors (Lipinski definition) is 7. The van der Waals surface area contributed by atoms with Crippen molar-refractivity contribution >= 4 is 42.1 Å². The first-order chi connectivity index (χ1) is 16.4. The van der Waals surface area contributed by atoms with Gasteiger partial charge in [-0.1, -0.05) is 6.92 Å². The zero-order chi connectivity index (χ0) is 24.3. The van der Waals surface area contributed by atoms with Gasteiger partial charge in [-0.15, -0.1) is 24.8 Å². The number of nitriles is 1. The van der Waals surface area contributed by atoms with Crippen molar-refractivity contribution in [1.82, 2.24) is 19.9 Å². The van der Waals surface area contributed by atoms with Crippen LogP contribution in [0.5, 0.6) is 5.75 Å². The van der Waals surface area contributed by atoms with E-state index in [-0.39, 0.29) is 36.3 Å². The smallest absolute Gasteiger partial charge is 0.237 e. The highest BCUT2D eigenvalue weighted by atomic mass is 35.5. The van der Waals surface area contributed by atoms with E-state index >= 15 is 0 Å². The van der Waals surface area contributed by atoms with Crippen LogP contribution < -0.4 is 20.7 Å². The number of hydrogen-bond donors (Lipinski definition) is 2. The molecule has 11 heteroatoms. The molecule has 3 aromatic rings. The van der Waals surface area contributed by atoms with E-state index in [0.29, 0.717) is 24.3 Å². The van der Waals surface area contributed by atoms with Gasteiger partial charge in [0.25, 0.3) is 0 Å². The predicted molar refractivity (Wildman–Crippen MR) is 145 cm³/mol. The summed E-state index contributed by atoms with van der Waals surface area (Å²) in [5.41, 5.74) is 8.58. The second-order valence-electron chi connectivity index (χ2n) is 8.94. The zero-order valence-electron chi connectivity index (χ0n) is 20.7. The third kappa shape index (κ3) is 6.01. The second kappa shape index (κ2) is 12.3. The maximum atomic E-state index is 12.3. The fourth-order valence-electron chi connectivity index (χ4n) is 4.31. The number of fused-ring (bicyclic) bond motifs is 1. The van der Waals surface area contributed by atoms with Crippen molar-refractivity contribution in [1.29, 1.82) is 5.26 Å². The fourth-order valence-corrected chi connectivity index (χ4v) is 4.31. The van der Waals surface area contributed by atoms with Gasteiger partial charge in [-0.05, 0) is 51.3 Å². The number of rotatable bonds is 7. The lowest BCUT2D eigenvalue weighted by atomic mass is 9.89. The first kappa shape index (κ1) is 29.2. The van der Waals surface area contributed by atoms with E-state index in [1.165, 1.54) is 0 Å². The number of ether oxygens (including phenoxy) is 1. The van der Waals surface area contributed by atoms with Crippen molar-refractivity contribution in [3.8, 4) is 22.9 Å². The molecular weight excluding hydrogens is 501 g/mol. The van der Waals surface area contributed by atoms with Gasteiger partial charge in [-0.25, -0.2) is 9.50 Å². The Hall–Kier alpha value is -3.06. The summed E-state index contributed by atoms with van der Waals surface area (Å²) in [5, 5.41) is 17.0. The van der Waals surface area contributed by atoms with E-state index in [1.807, 2.05) is 38.2 Å². The number of amides is 1. The molecule has 3 aromatic heterocycles. The molecule has 36 heavy (non-hydrogen) atoms. The molecule has 1 aliphatic rings. The Kier molecular flexibility index (Phi) is 9.93. The quantitative estimate of drug-likeness (QED) is 0.474. The second-order valence-corrected chi connectivity index (χ2v) is 8.94. The fraction of sp³-hybridized carbons (Fsp3) is 0.440. The maximum absolute atomic E-state index is 12.3. The molecule has 1 aliphatic heterocycles. The molecule has 0 radical (unpaired) electrons. The van der Waals surface area contributed by atoms with Gasteiger partial charge in [-0.2, -0.15) is 10.4 Å². The van der Waals surface area contributed by atoms with Crippen molar-refractivity contribution in [3.63, 3.8) is 0 Å². The Morgan fingerprint density at radius 2 is 2.00 bits per heavy atom. The molecule has 9 nitrogen and oxygen atoms in total. The van der Waals surface area contributed by atoms with Crippen LogP contribution in [0.1, 0.15) is 45.6 Å². The van der Waals surface area contributed by atoms with E-state index in [4.69, 9.17) is 15.5 Å². The summed E-state index contributed by atoms with van der Waals surface area (Å²) in [6, 6.07) is 7.68. The standard InChI is InChI=1S/C25H31N7O2.2ClH/c1-4-21(27)24(33)30-25(3)8-10-31(11-9-25)22-7-6-17(14-28-22)20-12-19(34-5-2)16-32-23(20)18(13-26)15-29-32;;/h6-7,12,14-16,21H,4-5,8-11,27H2,1-3H3,(H,30,33);2*1H/t21-;;/m0../s1. The minimum atomic E-state index is -0.464. The van der Waals surface area contributed by atoms with E-state index in [0.717, 1.165) is 48.4 Å². The highest BCUT2D eigenvalue weighted by molar-refractivity contribution is 5.86. The topological polar surface area (TPSA) is 122 Å². The number of nitrogens with zero attached hydrogens (tertiary/aromatic N) is 5. The molecule has 1 fully saturated rings. The molecule has 0 aliphatic carbocycles. The number of nitrogens with two attached hydrogens (primary N) is 1. The van der Waals surface area contributed by atoms with Gasteiger partial charge >= 0.3 is 0 Å². The van der Waals surface area contributed by atoms with Gasteiger partial charge in [0, 0.05) is 36.0 Å². The average Bonchev–Trinajstić information content (AvgIpc) is 3.27. The number of carbonyl (C=O) groups excluding carboxylic acids is 1. The molecule has 0 bridgehead atoms. The molecule has 194 valence electrons. The number of aromatic nitrogens is 3. The molecule has 1 atom stereocenters. The van der Waals surface area contributed by atoms with Gasteiger partial charge in [0.15, 0.2) is 0 Å². The van der Waals surface area contributed by atoms with Crippen LogP contribution in [-0.2, 0) is 4.79 Å². The summed E-state index contributed by atoms with van der Waals surface area (Å²) in [4.78, 5) is 19.2. The average molecular weight is 534 g/mol. The summed E-state index contributed by atoms with van der Waals surface area (Å²) >= 11 is 0. The van der Waals surface area contributed by atoms with Crippen molar-refractivity contribution in [3.05, 3.63) is 42.4 Å². The van der Waals surface area contributed by atoms with Gasteiger partial charge in [-0.3, -0.25) is 4.79 Å². The molecule has 0 aromatic carbocycles. The zero-order valence-corrected chi connectivity index (χ0v) is 22.4. The molecule has 0 unspecified atom stereocenters. The van der Waals surface area contributed by atoms with Crippen LogP contribution in [0.2, 0.25) is 0 Å². The molecule has 4 rings (SSSR count). The molecule has 0 spiro atoms. The van der Waals surface area contributed by atoms with Crippen LogP contribution in [0.4, 0.5) is 5.82 Å². The van der Waals surface area contributed by atoms with E-state index in [9.17, 15) is 10.1 Å². The van der Waals surface area contributed by atoms with Gasteiger partial charge in [0.1, 0.15) is 17.6 Å². The largest absolute Gasteiger partial charge is 0.492 e. The van der Waals surface area contributed by atoms with E-state index in [2.05, 4.69) is 28.3 Å². The molecule has 0 saturated carbocycles. The van der Waals surface area contributed by atoms with Crippen molar-refractivity contribution in [2.24, 2.45) is 5.73 Å². The minimum absolute atomic E-state index is 0. The summed E-state index contributed by atoms with van der Waals surface area (Å²) < 4.78 is 7.37. The number of nitrogens with one attached hydrogen (secondary N) is 1. The summed E-state index contributed by atoms with van der Waals surface area (Å²) in [5.74, 6) is 1.48. The highest BCUT2D eigenvalue weighted by Gasteiger charge is 2.33. The Morgan fingerprint density at radius 3 is 2.58 bits per heavy atom. The van der Waals surface area contributed by atoms with Crippen LogP contribution in [-0.4, -0.2) is 51.8 Å². The van der Waals surface area contributed by atoms with Crippen LogP contribution >= 0.6 is 24.8 Å². The molecule has 1 saturated heterocycles. The van der Waals surface area contributed by atoms with Crippen LogP contribution in [0.25, 0.3) is 16.6 Å². The lowest BCUT2D eigenvalue weighted by Gasteiger charge is -2.41. The lowest BCUT2D eigenvalue weighted by molar-refractivity contribution is -0.124. The van der Waals surface area contributed by atoms with E-state index in [1.54, 1.807) is 16.9 Å². The van der Waals surface area contributed by atoms with Gasteiger partial charge in [0.2, 0.25) is 5.91 Å². The predicted octanol–water partition coefficient (Wildman–Crippen LogP) is 3.72. The molecule has 3 N–H and O–H groups in total. The number of piperidine rings is 1. The lowest BCUT2D eigenvalue weighted by Crippen LogP contribution is -2.56. The van der Waals surface area contributed by atoms with Gasteiger partial charge in [0.05, 0.1) is 36.1 Å². The van der Waals surface area contributed by atoms with Gasteiger partial charge < -0.3 is 20.7 Å². The third-order valence-corrected chi connectivity index (χ3v) is 6.47. The first-order valence-electron chi connectivity index (χ1n) is 11.7. The molecular formula is C25H33Cl2N7O2. The monoisotopic (exact) mass is 533 g/mol. The Morgan fingerprint density at radius 1 is 1.28 bits per heavy atom. The summed E-state index contributed by atoms with van der Waals surface area (Å²) in [6.45, 7) is 8.03. The van der Waals surface area contributed by atoms with Crippen molar-refractivity contribution < 1.29 is 9.53 Å². The van der Waals surface area contributed by atoms with Crippen LogP contribution in [0.15, 0.2) is 36.8 Å².